The lowest BCUT2D eigenvalue weighted by atomic mass is 10.2. The van der Waals surface area contributed by atoms with Crippen LogP contribution in [0.25, 0.3) is 0 Å². The van der Waals surface area contributed by atoms with Crippen LogP contribution in [0, 0.1) is 0 Å². The van der Waals surface area contributed by atoms with Gasteiger partial charge in [0.1, 0.15) is 0 Å². The zero-order valence-electron chi connectivity index (χ0n) is 10.8. The molecule has 2 rings (SSSR count). The average molecular weight is 295 g/mol. The van der Waals surface area contributed by atoms with Gasteiger partial charge in [-0.05, 0) is 36.6 Å². The standard InChI is InChI=1S/C14H15ClN2OS/c1-10(13-7-4-8-19-13)17(2)14(18)16-12-6-3-5-11(15)9-12/h3-10H,1-2H3,(H,16,18). The second-order valence-electron chi connectivity index (χ2n) is 4.24. The predicted octanol–water partition coefficient (Wildman–Crippen LogP) is 4.63. The van der Waals surface area contributed by atoms with Crippen molar-refractivity contribution >= 4 is 34.7 Å². The van der Waals surface area contributed by atoms with Gasteiger partial charge in [-0.1, -0.05) is 23.7 Å². The van der Waals surface area contributed by atoms with Crippen LogP contribution >= 0.6 is 22.9 Å². The van der Waals surface area contributed by atoms with E-state index in [1.54, 1.807) is 41.5 Å². The van der Waals surface area contributed by atoms with E-state index in [4.69, 9.17) is 11.6 Å². The Labute approximate surface area is 121 Å². The lowest BCUT2D eigenvalue weighted by Gasteiger charge is -2.24. The number of thiophene rings is 1. The summed E-state index contributed by atoms with van der Waals surface area (Å²) in [6.45, 7) is 2.00. The molecule has 0 fully saturated rings. The Morgan fingerprint density at radius 1 is 1.37 bits per heavy atom. The van der Waals surface area contributed by atoms with Gasteiger partial charge in [-0.25, -0.2) is 4.79 Å². The minimum Gasteiger partial charge on any atom is -0.320 e. The number of nitrogens with zero attached hydrogens (tertiary/aromatic N) is 1. The number of anilines is 1. The normalized spacial score (nSPS) is 11.9. The first-order chi connectivity index (χ1) is 9.08. The van der Waals surface area contributed by atoms with Crippen molar-refractivity contribution in [2.24, 2.45) is 0 Å². The Hall–Kier alpha value is -1.52. The molecule has 2 amide bonds. The number of carbonyl (C=O) groups excluding carboxylic acids is 1. The van der Waals surface area contributed by atoms with Gasteiger partial charge >= 0.3 is 6.03 Å². The highest BCUT2D eigenvalue weighted by molar-refractivity contribution is 7.10. The van der Waals surface area contributed by atoms with Crippen LogP contribution in [-0.4, -0.2) is 18.0 Å². The predicted molar refractivity (Wildman–Crippen MR) is 81.0 cm³/mol. The molecule has 0 bridgehead atoms. The fourth-order valence-corrected chi connectivity index (χ4v) is 2.69. The van der Waals surface area contributed by atoms with Crippen LogP contribution in [0.4, 0.5) is 10.5 Å². The molecule has 1 aromatic carbocycles. The molecule has 1 heterocycles. The fraction of sp³-hybridized carbons (Fsp3) is 0.214. The molecule has 3 nitrogen and oxygen atoms in total. The van der Waals surface area contributed by atoms with Gasteiger partial charge in [0.2, 0.25) is 0 Å². The van der Waals surface area contributed by atoms with Gasteiger partial charge in [0, 0.05) is 22.6 Å². The first kappa shape index (κ1) is 13.9. The summed E-state index contributed by atoms with van der Waals surface area (Å²) in [5, 5.41) is 5.44. The molecule has 1 unspecified atom stereocenters. The maximum atomic E-state index is 12.1. The average Bonchev–Trinajstić information content (AvgIpc) is 2.90. The van der Waals surface area contributed by atoms with Crippen molar-refractivity contribution in [3.8, 4) is 0 Å². The van der Waals surface area contributed by atoms with Gasteiger partial charge in [0.25, 0.3) is 0 Å². The molecule has 0 saturated heterocycles. The zero-order valence-corrected chi connectivity index (χ0v) is 12.3. The zero-order chi connectivity index (χ0) is 13.8. The van der Waals surface area contributed by atoms with E-state index >= 15 is 0 Å². The second kappa shape index (κ2) is 6.08. The Kier molecular flexibility index (Phi) is 4.45. The number of carbonyl (C=O) groups is 1. The minimum absolute atomic E-state index is 0.0409. The SMILES string of the molecule is CC(c1cccs1)N(C)C(=O)Nc1cccc(Cl)c1. The number of hydrogen-bond donors (Lipinski definition) is 1. The number of rotatable bonds is 3. The van der Waals surface area contributed by atoms with Crippen molar-refractivity contribution in [3.63, 3.8) is 0 Å². The molecular weight excluding hydrogens is 280 g/mol. The molecule has 0 aliphatic heterocycles. The third-order valence-electron chi connectivity index (χ3n) is 2.93. The van der Waals surface area contributed by atoms with Crippen molar-refractivity contribution in [2.75, 3.05) is 12.4 Å². The molecule has 1 N–H and O–H groups in total. The van der Waals surface area contributed by atoms with Crippen molar-refractivity contribution in [1.29, 1.82) is 0 Å². The number of urea groups is 1. The second-order valence-corrected chi connectivity index (χ2v) is 5.66. The minimum atomic E-state index is -0.150. The van der Waals surface area contributed by atoms with Crippen LogP contribution in [-0.2, 0) is 0 Å². The topological polar surface area (TPSA) is 32.3 Å². The monoisotopic (exact) mass is 294 g/mol. The van der Waals surface area contributed by atoms with Crippen molar-refractivity contribution in [3.05, 3.63) is 51.7 Å². The largest absolute Gasteiger partial charge is 0.322 e. The molecule has 0 spiro atoms. The number of nitrogens with one attached hydrogen (secondary N) is 1. The maximum Gasteiger partial charge on any atom is 0.322 e. The van der Waals surface area contributed by atoms with Gasteiger partial charge in [-0.15, -0.1) is 11.3 Å². The van der Waals surface area contributed by atoms with E-state index in [9.17, 15) is 4.79 Å². The van der Waals surface area contributed by atoms with Crippen LogP contribution in [0.5, 0.6) is 0 Å². The molecule has 0 aliphatic carbocycles. The third-order valence-corrected chi connectivity index (χ3v) is 4.21. The molecule has 0 saturated carbocycles. The van der Waals surface area contributed by atoms with Crippen LogP contribution < -0.4 is 5.32 Å². The van der Waals surface area contributed by atoms with Crippen LogP contribution in [0.3, 0.4) is 0 Å². The fourth-order valence-electron chi connectivity index (χ4n) is 1.67. The number of halogens is 1. The highest BCUT2D eigenvalue weighted by Crippen LogP contribution is 2.24. The first-order valence-corrected chi connectivity index (χ1v) is 7.16. The van der Waals surface area contributed by atoms with Crippen molar-refractivity contribution < 1.29 is 4.79 Å². The van der Waals surface area contributed by atoms with Gasteiger partial charge in [-0.2, -0.15) is 0 Å². The lowest BCUT2D eigenvalue weighted by molar-refractivity contribution is 0.209. The lowest BCUT2D eigenvalue weighted by Crippen LogP contribution is -2.33. The highest BCUT2D eigenvalue weighted by atomic mass is 35.5. The summed E-state index contributed by atoms with van der Waals surface area (Å²) >= 11 is 7.53. The highest BCUT2D eigenvalue weighted by Gasteiger charge is 2.18. The molecule has 0 radical (unpaired) electrons. The number of amides is 2. The molecule has 5 heteroatoms. The quantitative estimate of drug-likeness (QED) is 0.879. The van der Waals surface area contributed by atoms with Gasteiger partial charge in [0.05, 0.1) is 6.04 Å². The van der Waals surface area contributed by atoms with Crippen LogP contribution in [0.15, 0.2) is 41.8 Å². The maximum absolute atomic E-state index is 12.1. The van der Waals surface area contributed by atoms with Crippen LogP contribution in [0.2, 0.25) is 5.02 Å². The van der Waals surface area contributed by atoms with E-state index in [0.717, 1.165) is 4.88 Å². The van der Waals surface area contributed by atoms with E-state index in [2.05, 4.69) is 5.32 Å². The molecular formula is C14H15ClN2OS. The number of hydrogen-bond acceptors (Lipinski definition) is 2. The van der Waals surface area contributed by atoms with Gasteiger partial charge in [-0.3, -0.25) is 0 Å². The Morgan fingerprint density at radius 2 is 2.16 bits per heavy atom. The van der Waals surface area contributed by atoms with E-state index in [1.165, 1.54) is 0 Å². The first-order valence-electron chi connectivity index (χ1n) is 5.90. The Bertz CT molecular complexity index is 556. The Morgan fingerprint density at radius 3 is 2.79 bits per heavy atom. The molecule has 100 valence electrons. The van der Waals surface area contributed by atoms with E-state index < -0.39 is 0 Å². The smallest absolute Gasteiger partial charge is 0.320 e. The summed E-state index contributed by atoms with van der Waals surface area (Å²) < 4.78 is 0. The van der Waals surface area contributed by atoms with Gasteiger partial charge < -0.3 is 10.2 Å². The molecule has 0 aliphatic rings. The summed E-state index contributed by atoms with van der Waals surface area (Å²) in [6.07, 6.45) is 0. The molecule has 1 aromatic heterocycles. The van der Waals surface area contributed by atoms with Crippen molar-refractivity contribution in [1.82, 2.24) is 4.90 Å². The van der Waals surface area contributed by atoms with E-state index in [-0.39, 0.29) is 12.1 Å². The molecule has 1 atom stereocenters. The summed E-state index contributed by atoms with van der Waals surface area (Å²) in [5.74, 6) is 0. The summed E-state index contributed by atoms with van der Waals surface area (Å²) in [5.41, 5.74) is 0.697. The van der Waals surface area contributed by atoms with Crippen molar-refractivity contribution in [2.45, 2.75) is 13.0 Å². The number of benzene rings is 1. The summed E-state index contributed by atoms with van der Waals surface area (Å²) in [4.78, 5) is 15.0. The Balaban J connectivity index is 2.03. The van der Waals surface area contributed by atoms with E-state index in [1.807, 2.05) is 30.5 Å². The summed E-state index contributed by atoms with van der Waals surface area (Å²) in [7, 11) is 1.78. The third kappa shape index (κ3) is 3.49. The summed E-state index contributed by atoms with van der Waals surface area (Å²) in [6, 6.07) is 11.0. The van der Waals surface area contributed by atoms with Gasteiger partial charge in [0.15, 0.2) is 0 Å². The molecule has 19 heavy (non-hydrogen) atoms. The van der Waals surface area contributed by atoms with Crippen LogP contribution in [0.1, 0.15) is 17.8 Å². The molecule has 2 aromatic rings. The van der Waals surface area contributed by atoms with E-state index in [0.29, 0.717) is 10.7 Å².